The molecule has 1 amide bonds. The van der Waals surface area contributed by atoms with E-state index < -0.39 is 12.0 Å². The van der Waals surface area contributed by atoms with Crippen molar-refractivity contribution in [1.29, 1.82) is 0 Å². The summed E-state index contributed by atoms with van der Waals surface area (Å²) in [6.45, 7) is 0. The average Bonchev–Trinajstić information content (AvgIpc) is 3.14. The molecule has 0 aliphatic heterocycles. The second-order valence-electron chi connectivity index (χ2n) is 6.11. The van der Waals surface area contributed by atoms with E-state index in [4.69, 9.17) is 10.8 Å². The van der Waals surface area contributed by atoms with Crippen LogP contribution in [0.3, 0.4) is 0 Å². The van der Waals surface area contributed by atoms with Crippen molar-refractivity contribution in [3.63, 3.8) is 0 Å². The molecule has 4 N–H and O–H groups in total. The highest BCUT2D eigenvalue weighted by atomic mass is 32.1. The lowest BCUT2D eigenvalue weighted by Crippen LogP contribution is -2.46. The molecule has 1 aromatic rings. The lowest BCUT2D eigenvalue weighted by atomic mass is 9.84. The van der Waals surface area contributed by atoms with E-state index >= 15 is 0 Å². The highest BCUT2D eigenvalue weighted by Gasteiger charge is 2.49. The SMILES string of the molecule is NC1C2CCC(C2)C1C(=O)NC(CC(=O)O)c1cccs1. The minimum atomic E-state index is -0.911. The predicted octanol–water partition coefficient (Wildman–Crippen LogP) is 1.75. The molecular formula is C15H20N2O3S. The van der Waals surface area contributed by atoms with E-state index in [1.54, 1.807) is 0 Å². The summed E-state index contributed by atoms with van der Waals surface area (Å²) in [5.74, 6) is -0.301. The third-order valence-corrected chi connectivity index (χ3v) is 5.85. The largest absolute Gasteiger partial charge is 0.481 e. The van der Waals surface area contributed by atoms with Crippen LogP contribution in [-0.4, -0.2) is 23.0 Å². The molecule has 2 saturated carbocycles. The Morgan fingerprint density at radius 1 is 1.43 bits per heavy atom. The van der Waals surface area contributed by atoms with Crippen LogP contribution in [0.5, 0.6) is 0 Å². The zero-order valence-electron chi connectivity index (χ0n) is 11.7. The van der Waals surface area contributed by atoms with E-state index in [9.17, 15) is 9.59 Å². The number of fused-ring (bicyclic) bond motifs is 2. The van der Waals surface area contributed by atoms with E-state index in [2.05, 4.69) is 5.32 Å². The molecule has 114 valence electrons. The molecule has 21 heavy (non-hydrogen) atoms. The van der Waals surface area contributed by atoms with Crippen molar-refractivity contribution in [1.82, 2.24) is 5.32 Å². The molecule has 3 rings (SSSR count). The van der Waals surface area contributed by atoms with Gasteiger partial charge < -0.3 is 16.2 Å². The molecule has 5 atom stereocenters. The summed E-state index contributed by atoms with van der Waals surface area (Å²) in [7, 11) is 0. The van der Waals surface area contributed by atoms with Gasteiger partial charge in [-0.3, -0.25) is 9.59 Å². The van der Waals surface area contributed by atoms with Crippen LogP contribution in [0.4, 0.5) is 0 Å². The minimum Gasteiger partial charge on any atom is -0.481 e. The fourth-order valence-corrected chi connectivity index (χ4v) is 4.66. The Balaban J connectivity index is 1.71. The van der Waals surface area contributed by atoms with Crippen LogP contribution in [-0.2, 0) is 9.59 Å². The van der Waals surface area contributed by atoms with Crippen LogP contribution in [0, 0.1) is 17.8 Å². The van der Waals surface area contributed by atoms with Crippen LogP contribution in [0.25, 0.3) is 0 Å². The first-order valence-corrected chi connectivity index (χ1v) is 8.25. The highest BCUT2D eigenvalue weighted by molar-refractivity contribution is 7.10. The van der Waals surface area contributed by atoms with Gasteiger partial charge in [0.05, 0.1) is 18.4 Å². The number of amides is 1. The Kier molecular flexibility index (Phi) is 3.99. The third kappa shape index (κ3) is 2.82. The summed E-state index contributed by atoms with van der Waals surface area (Å²) in [5.41, 5.74) is 6.19. The number of thiophene rings is 1. The standard InChI is InChI=1S/C15H20N2O3S/c16-14-9-4-3-8(6-9)13(14)15(20)17-10(7-12(18)19)11-2-1-5-21-11/h1-2,5,8-10,13-14H,3-4,6-7,16H2,(H,17,20)(H,18,19). The molecule has 5 unspecified atom stereocenters. The van der Waals surface area contributed by atoms with Gasteiger partial charge in [0, 0.05) is 10.9 Å². The minimum absolute atomic E-state index is 0.0717. The van der Waals surface area contributed by atoms with E-state index in [1.807, 2.05) is 17.5 Å². The second kappa shape index (κ2) is 5.77. The Hall–Kier alpha value is -1.40. The number of carboxylic acid groups (broad SMARTS) is 1. The molecule has 0 saturated heterocycles. The zero-order valence-corrected chi connectivity index (χ0v) is 12.5. The molecule has 1 heterocycles. The molecule has 2 aliphatic rings. The van der Waals surface area contributed by atoms with Crippen LogP contribution < -0.4 is 11.1 Å². The van der Waals surface area contributed by atoms with Gasteiger partial charge >= 0.3 is 5.97 Å². The first-order chi connectivity index (χ1) is 10.1. The van der Waals surface area contributed by atoms with Crippen LogP contribution in [0.1, 0.15) is 36.6 Å². The van der Waals surface area contributed by atoms with Gasteiger partial charge in [-0.15, -0.1) is 11.3 Å². The smallest absolute Gasteiger partial charge is 0.305 e. The van der Waals surface area contributed by atoms with E-state index in [0.29, 0.717) is 11.8 Å². The summed E-state index contributed by atoms with van der Waals surface area (Å²) in [6, 6.07) is 3.20. The number of aliphatic carboxylic acids is 1. The number of nitrogens with two attached hydrogens (primary N) is 1. The number of hydrogen-bond acceptors (Lipinski definition) is 4. The summed E-state index contributed by atoms with van der Waals surface area (Å²) in [4.78, 5) is 24.5. The fourth-order valence-electron chi connectivity index (χ4n) is 3.88. The number of carbonyl (C=O) groups excluding carboxylic acids is 1. The topological polar surface area (TPSA) is 92.4 Å². The maximum atomic E-state index is 12.6. The van der Waals surface area contributed by atoms with E-state index in [0.717, 1.165) is 24.1 Å². The Morgan fingerprint density at radius 2 is 2.19 bits per heavy atom. The van der Waals surface area contributed by atoms with Crippen molar-refractivity contribution < 1.29 is 14.7 Å². The third-order valence-electron chi connectivity index (χ3n) is 4.87. The molecule has 6 heteroatoms. The van der Waals surface area contributed by atoms with Gasteiger partial charge in [0.2, 0.25) is 5.91 Å². The van der Waals surface area contributed by atoms with Crippen molar-refractivity contribution >= 4 is 23.2 Å². The fraction of sp³-hybridized carbons (Fsp3) is 0.600. The first-order valence-electron chi connectivity index (χ1n) is 7.37. The quantitative estimate of drug-likeness (QED) is 0.772. The van der Waals surface area contributed by atoms with Gasteiger partial charge in [-0.2, -0.15) is 0 Å². The van der Waals surface area contributed by atoms with Crippen molar-refractivity contribution in [2.75, 3.05) is 0 Å². The number of nitrogens with one attached hydrogen (secondary N) is 1. The lowest BCUT2D eigenvalue weighted by Gasteiger charge is -2.28. The van der Waals surface area contributed by atoms with Gasteiger partial charge in [-0.1, -0.05) is 6.07 Å². The average molecular weight is 308 g/mol. The number of rotatable bonds is 5. The molecule has 0 spiro atoms. The van der Waals surface area contributed by atoms with E-state index in [-0.39, 0.29) is 24.3 Å². The number of carboxylic acids is 1. The normalized spacial score (nSPS) is 32.0. The van der Waals surface area contributed by atoms with Crippen molar-refractivity contribution in [3.8, 4) is 0 Å². The molecular weight excluding hydrogens is 288 g/mol. The molecule has 0 aromatic carbocycles. The maximum absolute atomic E-state index is 12.6. The summed E-state index contributed by atoms with van der Waals surface area (Å²) in [5, 5.41) is 13.9. The van der Waals surface area contributed by atoms with Gasteiger partial charge in [-0.25, -0.2) is 0 Å². The van der Waals surface area contributed by atoms with Gasteiger partial charge in [0.1, 0.15) is 0 Å². The summed E-state index contributed by atoms with van der Waals surface area (Å²) >= 11 is 1.46. The first kappa shape index (κ1) is 14.5. The molecule has 2 aliphatic carbocycles. The van der Waals surface area contributed by atoms with Crippen molar-refractivity contribution in [3.05, 3.63) is 22.4 Å². The van der Waals surface area contributed by atoms with Crippen LogP contribution >= 0.6 is 11.3 Å². The molecule has 5 nitrogen and oxygen atoms in total. The van der Waals surface area contributed by atoms with Crippen LogP contribution in [0.2, 0.25) is 0 Å². The molecule has 0 radical (unpaired) electrons. The Bertz CT molecular complexity index is 529. The Morgan fingerprint density at radius 3 is 2.76 bits per heavy atom. The maximum Gasteiger partial charge on any atom is 0.305 e. The van der Waals surface area contributed by atoms with Crippen LogP contribution in [0.15, 0.2) is 17.5 Å². The number of hydrogen-bond donors (Lipinski definition) is 3. The van der Waals surface area contributed by atoms with Crippen molar-refractivity contribution in [2.24, 2.45) is 23.5 Å². The van der Waals surface area contributed by atoms with Gasteiger partial charge in [0.15, 0.2) is 0 Å². The van der Waals surface area contributed by atoms with Gasteiger partial charge in [0.25, 0.3) is 0 Å². The highest BCUT2D eigenvalue weighted by Crippen LogP contribution is 2.47. The number of carbonyl (C=O) groups is 2. The predicted molar refractivity (Wildman–Crippen MR) is 79.8 cm³/mol. The van der Waals surface area contributed by atoms with E-state index in [1.165, 1.54) is 11.3 Å². The molecule has 1 aromatic heterocycles. The molecule has 2 fully saturated rings. The summed E-state index contributed by atoms with van der Waals surface area (Å²) in [6.07, 6.45) is 3.14. The second-order valence-corrected chi connectivity index (χ2v) is 7.09. The zero-order chi connectivity index (χ0) is 15.0. The van der Waals surface area contributed by atoms with Gasteiger partial charge in [-0.05, 0) is 42.5 Å². The van der Waals surface area contributed by atoms with Crippen molar-refractivity contribution in [2.45, 2.75) is 37.8 Å². The Labute approximate surface area is 127 Å². The monoisotopic (exact) mass is 308 g/mol. The molecule has 2 bridgehead atoms. The lowest BCUT2D eigenvalue weighted by molar-refractivity contribution is -0.138. The summed E-state index contributed by atoms with van der Waals surface area (Å²) < 4.78 is 0.